The van der Waals surface area contributed by atoms with Crippen molar-refractivity contribution in [2.75, 3.05) is 7.05 Å². The molecule has 0 aromatic heterocycles. The van der Waals surface area contributed by atoms with Crippen LogP contribution in [0.4, 0.5) is 0 Å². The van der Waals surface area contributed by atoms with E-state index >= 15 is 0 Å². The fourth-order valence-electron chi connectivity index (χ4n) is 2.02. The summed E-state index contributed by atoms with van der Waals surface area (Å²) >= 11 is 3.28. The minimum atomic E-state index is -3.62. The molecule has 0 radical (unpaired) electrons. The van der Waals surface area contributed by atoms with Crippen LogP contribution in [0.15, 0.2) is 57.9 Å². The van der Waals surface area contributed by atoms with E-state index in [2.05, 4.69) is 15.9 Å². The molecule has 0 aliphatic heterocycles. The van der Waals surface area contributed by atoms with Crippen molar-refractivity contribution in [1.82, 2.24) is 4.31 Å². The molecule has 0 saturated heterocycles. The molecule has 0 spiro atoms. The molecule has 112 valence electrons. The Bertz CT molecular complexity index is 729. The molecule has 1 N–H and O–H groups in total. The van der Waals surface area contributed by atoms with Crippen molar-refractivity contribution in [2.24, 2.45) is 0 Å². The maximum Gasteiger partial charge on any atom is 0.243 e. The minimum Gasteiger partial charge on any atom is -0.508 e. The maximum atomic E-state index is 12.6. The Balaban J connectivity index is 2.36. The average molecular weight is 370 g/mol. The van der Waals surface area contributed by atoms with Gasteiger partial charge in [0.05, 0.1) is 10.9 Å². The number of aromatic hydroxyl groups is 1. The van der Waals surface area contributed by atoms with Crippen LogP contribution in [0.25, 0.3) is 0 Å². The monoisotopic (exact) mass is 369 g/mol. The van der Waals surface area contributed by atoms with Crippen molar-refractivity contribution in [3.05, 3.63) is 58.6 Å². The Hall–Kier alpha value is -1.37. The predicted octanol–water partition coefficient (Wildman–Crippen LogP) is 3.54. The van der Waals surface area contributed by atoms with Crippen molar-refractivity contribution in [1.29, 1.82) is 0 Å². The molecule has 0 bridgehead atoms. The molecule has 0 aliphatic carbocycles. The van der Waals surface area contributed by atoms with Crippen LogP contribution in [0.1, 0.15) is 18.5 Å². The number of halogens is 1. The highest BCUT2D eigenvalue weighted by atomic mass is 79.9. The van der Waals surface area contributed by atoms with Crippen LogP contribution in [-0.2, 0) is 10.0 Å². The van der Waals surface area contributed by atoms with Gasteiger partial charge in [-0.2, -0.15) is 4.31 Å². The highest BCUT2D eigenvalue weighted by Gasteiger charge is 2.27. The summed E-state index contributed by atoms with van der Waals surface area (Å²) in [5.74, 6) is 0.0860. The van der Waals surface area contributed by atoms with Crippen molar-refractivity contribution in [3.8, 4) is 5.75 Å². The molecule has 0 fully saturated rings. The standard InChI is InChI=1S/C15H16BrNO3S/c1-11(14-5-3-4-6-15(14)18)17(2)21(19,20)13-9-7-12(16)8-10-13/h3-11,18H,1-2H3. The van der Waals surface area contributed by atoms with E-state index in [0.29, 0.717) is 5.56 Å². The Kier molecular flexibility index (Phi) is 4.70. The van der Waals surface area contributed by atoms with Crippen molar-refractivity contribution < 1.29 is 13.5 Å². The number of phenols is 1. The highest BCUT2D eigenvalue weighted by Crippen LogP contribution is 2.31. The fraction of sp³-hybridized carbons (Fsp3) is 0.200. The van der Waals surface area contributed by atoms with Crippen LogP contribution in [-0.4, -0.2) is 24.9 Å². The van der Waals surface area contributed by atoms with Gasteiger partial charge in [0.15, 0.2) is 0 Å². The normalized spacial score (nSPS) is 13.3. The molecule has 1 unspecified atom stereocenters. The van der Waals surface area contributed by atoms with Crippen LogP contribution in [0.2, 0.25) is 0 Å². The second kappa shape index (κ2) is 6.17. The van der Waals surface area contributed by atoms with Gasteiger partial charge in [-0.15, -0.1) is 0 Å². The molecular formula is C15H16BrNO3S. The van der Waals surface area contributed by atoms with Crippen LogP contribution < -0.4 is 0 Å². The first-order valence-corrected chi connectivity index (χ1v) is 8.59. The highest BCUT2D eigenvalue weighted by molar-refractivity contribution is 9.10. The molecule has 1 atom stereocenters. The third kappa shape index (κ3) is 3.28. The van der Waals surface area contributed by atoms with E-state index in [9.17, 15) is 13.5 Å². The number of phenolic OH excluding ortho intramolecular Hbond substituents is 1. The van der Waals surface area contributed by atoms with E-state index in [1.165, 1.54) is 11.4 Å². The predicted molar refractivity (Wildman–Crippen MR) is 85.6 cm³/mol. The van der Waals surface area contributed by atoms with Gasteiger partial charge >= 0.3 is 0 Å². The second-order valence-electron chi connectivity index (χ2n) is 4.71. The summed E-state index contributed by atoms with van der Waals surface area (Å²) in [6.45, 7) is 1.74. The Morgan fingerprint density at radius 1 is 1.10 bits per heavy atom. The van der Waals surface area contributed by atoms with E-state index in [-0.39, 0.29) is 10.6 Å². The molecule has 4 nitrogen and oxygen atoms in total. The zero-order valence-electron chi connectivity index (χ0n) is 11.7. The summed E-state index contributed by atoms with van der Waals surface area (Å²) in [5, 5.41) is 9.87. The van der Waals surface area contributed by atoms with Crippen LogP contribution >= 0.6 is 15.9 Å². The molecule has 21 heavy (non-hydrogen) atoms. The number of hydrogen-bond acceptors (Lipinski definition) is 3. The number of benzene rings is 2. The first-order chi connectivity index (χ1) is 9.84. The SMILES string of the molecule is CC(c1ccccc1O)N(C)S(=O)(=O)c1ccc(Br)cc1. The number of sulfonamides is 1. The third-order valence-corrected chi connectivity index (χ3v) is 5.89. The molecular weight excluding hydrogens is 354 g/mol. The van der Waals surface area contributed by atoms with Crippen molar-refractivity contribution in [2.45, 2.75) is 17.9 Å². The third-order valence-electron chi connectivity index (χ3n) is 3.42. The molecule has 2 aromatic rings. The minimum absolute atomic E-state index is 0.0860. The Morgan fingerprint density at radius 2 is 1.67 bits per heavy atom. The quantitative estimate of drug-likeness (QED) is 0.896. The van der Waals surface area contributed by atoms with E-state index in [1.54, 1.807) is 55.5 Å². The van der Waals surface area contributed by atoms with Crippen LogP contribution in [0, 0.1) is 0 Å². The van der Waals surface area contributed by atoms with E-state index in [1.807, 2.05) is 0 Å². The summed E-state index contributed by atoms with van der Waals surface area (Å²) in [6.07, 6.45) is 0. The van der Waals surface area contributed by atoms with Gasteiger partial charge in [-0.1, -0.05) is 34.1 Å². The van der Waals surface area contributed by atoms with E-state index < -0.39 is 16.1 Å². The zero-order chi connectivity index (χ0) is 15.6. The number of para-hydroxylation sites is 1. The Morgan fingerprint density at radius 3 is 2.24 bits per heavy atom. The van der Waals surface area contributed by atoms with Crippen molar-refractivity contribution in [3.63, 3.8) is 0 Å². The van der Waals surface area contributed by atoms with Gasteiger partial charge in [0, 0.05) is 17.1 Å². The summed E-state index contributed by atoms with van der Waals surface area (Å²) in [7, 11) is -2.11. The average Bonchev–Trinajstić information content (AvgIpc) is 2.46. The number of nitrogens with zero attached hydrogens (tertiary/aromatic N) is 1. The molecule has 2 aromatic carbocycles. The lowest BCUT2D eigenvalue weighted by molar-refractivity contribution is 0.381. The fourth-order valence-corrected chi connectivity index (χ4v) is 3.62. The topological polar surface area (TPSA) is 57.6 Å². The van der Waals surface area contributed by atoms with Gasteiger partial charge in [-0.05, 0) is 37.3 Å². The summed E-state index contributed by atoms with van der Waals surface area (Å²) < 4.78 is 27.3. The van der Waals surface area contributed by atoms with E-state index in [4.69, 9.17) is 0 Å². The van der Waals surface area contributed by atoms with Gasteiger partial charge in [0.2, 0.25) is 10.0 Å². The lowest BCUT2D eigenvalue weighted by atomic mass is 10.1. The Labute approximate surface area is 133 Å². The smallest absolute Gasteiger partial charge is 0.243 e. The van der Waals surface area contributed by atoms with Gasteiger partial charge in [0.25, 0.3) is 0 Å². The zero-order valence-corrected chi connectivity index (χ0v) is 14.1. The molecule has 0 aliphatic rings. The second-order valence-corrected chi connectivity index (χ2v) is 7.62. The molecule has 0 amide bonds. The van der Waals surface area contributed by atoms with Gasteiger partial charge in [-0.3, -0.25) is 0 Å². The lowest BCUT2D eigenvalue weighted by Crippen LogP contribution is -2.29. The summed E-state index contributed by atoms with van der Waals surface area (Å²) in [5.41, 5.74) is 0.570. The lowest BCUT2D eigenvalue weighted by Gasteiger charge is -2.25. The first kappa shape index (κ1) is 16.0. The first-order valence-electron chi connectivity index (χ1n) is 6.35. The maximum absolute atomic E-state index is 12.6. The number of rotatable bonds is 4. The molecule has 0 heterocycles. The van der Waals surface area contributed by atoms with Crippen LogP contribution in [0.5, 0.6) is 5.75 Å². The largest absolute Gasteiger partial charge is 0.508 e. The molecule has 6 heteroatoms. The van der Waals surface area contributed by atoms with Gasteiger partial charge in [-0.25, -0.2) is 8.42 Å². The molecule has 2 rings (SSSR count). The van der Waals surface area contributed by atoms with Gasteiger partial charge < -0.3 is 5.11 Å². The van der Waals surface area contributed by atoms with E-state index in [0.717, 1.165) is 4.47 Å². The summed E-state index contributed by atoms with van der Waals surface area (Å²) in [6, 6.07) is 12.7. The van der Waals surface area contributed by atoms with Crippen LogP contribution in [0.3, 0.4) is 0 Å². The number of hydrogen-bond donors (Lipinski definition) is 1. The molecule has 0 saturated carbocycles. The van der Waals surface area contributed by atoms with Gasteiger partial charge in [0.1, 0.15) is 5.75 Å². The van der Waals surface area contributed by atoms with Crippen molar-refractivity contribution >= 4 is 26.0 Å². The summed E-state index contributed by atoms with van der Waals surface area (Å²) in [4.78, 5) is 0.218.